The van der Waals surface area contributed by atoms with Crippen molar-refractivity contribution in [3.8, 4) is 22.0 Å². The van der Waals surface area contributed by atoms with Gasteiger partial charge >= 0.3 is 0 Å². The van der Waals surface area contributed by atoms with Gasteiger partial charge in [-0.1, -0.05) is 29.3 Å². The van der Waals surface area contributed by atoms with Gasteiger partial charge in [-0.25, -0.2) is 9.97 Å². The van der Waals surface area contributed by atoms with Crippen LogP contribution in [0.3, 0.4) is 0 Å². The van der Waals surface area contributed by atoms with Crippen molar-refractivity contribution < 1.29 is 4.79 Å². The fourth-order valence-corrected chi connectivity index (χ4v) is 4.38. The molecule has 0 saturated carbocycles. The predicted molar refractivity (Wildman–Crippen MR) is 115 cm³/mol. The average Bonchev–Trinajstić information content (AvgIpc) is 3.34. The van der Waals surface area contributed by atoms with Crippen LogP contribution in [0.15, 0.2) is 53.4 Å². The smallest absolute Gasteiger partial charge is 0.232 e. The molecule has 0 aliphatic carbocycles. The summed E-state index contributed by atoms with van der Waals surface area (Å²) in [6.45, 7) is 0. The maximum absolute atomic E-state index is 12.4. The van der Waals surface area contributed by atoms with E-state index in [4.69, 9.17) is 23.2 Å². The van der Waals surface area contributed by atoms with Crippen molar-refractivity contribution in [1.29, 1.82) is 0 Å². The average molecular weight is 447 g/mol. The molecule has 0 fully saturated rings. The number of carbonyl (C=O) groups excluding carboxylic acids is 1. The molecule has 0 atom stereocenters. The first kappa shape index (κ1) is 19.0. The number of nitrogens with zero attached hydrogens (tertiary/aromatic N) is 3. The molecule has 28 heavy (non-hydrogen) atoms. The summed E-state index contributed by atoms with van der Waals surface area (Å²) in [4.78, 5) is 25.5. The Morgan fingerprint density at radius 2 is 1.93 bits per heavy atom. The summed E-state index contributed by atoms with van der Waals surface area (Å²) in [5, 5.41) is 8.91. The van der Waals surface area contributed by atoms with Gasteiger partial charge in [0.2, 0.25) is 5.91 Å². The van der Waals surface area contributed by atoms with Crippen molar-refractivity contribution in [2.75, 3.05) is 5.32 Å². The van der Waals surface area contributed by atoms with Crippen LogP contribution in [0.2, 0.25) is 10.0 Å². The number of anilines is 1. The number of benzene rings is 1. The van der Waals surface area contributed by atoms with Crippen LogP contribution in [-0.4, -0.2) is 20.9 Å². The van der Waals surface area contributed by atoms with Crippen LogP contribution >= 0.6 is 45.9 Å². The lowest BCUT2D eigenvalue weighted by molar-refractivity contribution is -0.115. The van der Waals surface area contributed by atoms with E-state index in [1.807, 2.05) is 29.0 Å². The number of thiazole rings is 2. The van der Waals surface area contributed by atoms with Gasteiger partial charge in [-0.2, -0.15) is 0 Å². The highest BCUT2D eigenvalue weighted by molar-refractivity contribution is 7.14. The molecule has 0 radical (unpaired) electrons. The number of amides is 1. The number of nitrogens with one attached hydrogen (secondary N) is 1. The van der Waals surface area contributed by atoms with E-state index in [1.54, 1.807) is 24.4 Å². The fraction of sp³-hybridized carbons (Fsp3) is 0.0526. The van der Waals surface area contributed by atoms with E-state index in [2.05, 4.69) is 20.3 Å². The molecular formula is C19H12Cl2N4OS2. The molecule has 1 amide bonds. The Hall–Kier alpha value is -2.32. The third-order valence-electron chi connectivity index (χ3n) is 3.73. The van der Waals surface area contributed by atoms with E-state index in [0.717, 1.165) is 16.3 Å². The highest BCUT2D eigenvalue weighted by Gasteiger charge is 2.13. The zero-order valence-corrected chi connectivity index (χ0v) is 17.4. The van der Waals surface area contributed by atoms with Gasteiger partial charge in [0.1, 0.15) is 5.01 Å². The van der Waals surface area contributed by atoms with Crippen LogP contribution in [0.1, 0.15) is 5.69 Å². The van der Waals surface area contributed by atoms with E-state index in [0.29, 0.717) is 26.6 Å². The minimum atomic E-state index is -0.184. The molecule has 3 aromatic heterocycles. The number of rotatable bonds is 5. The molecule has 0 aliphatic rings. The summed E-state index contributed by atoms with van der Waals surface area (Å²) in [5.41, 5.74) is 2.88. The number of aromatic nitrogens is 3. The third-order valence-corrected chi connectivity index (χ3v) is 5.97. The standard InChI is InChI=1S/C19H12Cl2N4OS2/c20-11-4-5-14(21)13(7-11)16-10-28-19(24-16)25-17(26)8-12-9-27-18(23-12)15-3-1-2-6-22-15/h1-7,9-10H,8H2,(H,24,25,26). The minimum absolute atomic E-state index is 0.163. The normalized spacial score (nSPS) is 10.8. The highest BCUT2D eigenvalue weighted by Crippen LogP contribution is 2.32. The molecule has 0 unspecified atom stereocenters. The Morgan fingerprint density at radius 3 is 2.75 bits per heavy atom. The van der Waals surface area contributed by atoms with Crippen molar-refractivity contribution in [1.82, 2.24) is 15.0 Å². The Morgan fingerprint density at radius 1 is 1.04 bits per heavy atom. The van der Waals surface area contributed by atoms with Crippen molar-refractivity contribution in [3.63, 3.8) is 0 Å². The van der Waals surface area contributed by atoms with Gasteiger partial charge < -0.3 is 5.32 Å². The van der Waals surface area contributed by atoms with E-state index < -0.39 is 0 Å². The Bertz CT molecular complexity index is 1130. The van der Waals surface area contributed by atoms with Gasteiger partial charge in [-0.3, -0.25) is 9.78 Å². The van der Waals surface area contributed by atoms with E-state index in [1.165, 1.54) is 22.7 Å². The maximum Gasteiger partial charge on any atom is 0.232 e. The Kier molecular flexibility index (Phi) is 5.68. The molecule has 9 heteroatoms. The van der Waals surface area contributed by atoms with Crippen molar-refractivity contribution in [3.05, 3.63) is 69.1 Å². The lowest BCUT2D eigenvalue weighted by Crippen LogP contribution is -2.14. The third kappa shape index (κ3) is 4.39. The van der Waals surface area contributed by atoms with Crippen LogP contribution in [0, 0.1) is 0 Å². The summed E-state index contributed by atoms with van der Waals surface area (Å²) < 4.78 is 0. The van der Waals surface area contributed by atoms with Crippen molar-refractivity contribution in [2.45, 2.75) is 6.42 Å². The molecular weight excluding hydrogens is 435 g/mol. The van der Waals surface area contributed by atoms with Gasteiger partial charge in [-0.15, -0.1) is 22.7 Å². The van der Waals surface area contributed by atoms with E-state index in [-0.39, 0.29) is 12.3 Å². The first-order valence-electron chi connectivity index (χ1n) is 8.15. The summed E-state index contributed by atoms with van der Waals surface area (Å²) in [6.07, 6.45) is 1.88. The maximum atomic E-state index is 12.4. The monoisotopic (exact) mass is 446 g/mol. The van der Waals surface area contributed by atoms with Crippen LogP contribution in [-0.2, 0) is 11.2 Å². The van der Waals surface area contributed by atoms with Crippen LogP contribution in [0.25, 0.3) is 22.0 Å². The van der Waals surface area contributed by atoms with Gasteiger partial charge in [-0.05, 0) is 30.3 Å². The molecule has 1 N–H and O–H groups in total. The Balaban J connectivity index is 1.43. The zero-order chi connectivity index (χ0) is 19.5. The number of halogens is 2. The fourth-order valence-electron chi connectivity index (χ4n) is 2.47. The van der Waals surface area contributed by atoms with Gasteiger partial charge in [0.25, 0.3) is 0 Å². The number of hydrogen-bond acceptors (Lipinski definition) is 6. The zero-order valence-electron chi connectivity index (χ0n) is 14.2. The summed E-state index contributed by atoms with van der Waals surface area (Å²) in [7, 11) is 0. The van der Waals surface area contributed by atoms with Gasteiger partial charge in [0, 0.05) is 27.5 Å². The number of pyridine rings is 1. The second-order valence-electron chi connectivity index (χ2n) is 5.75. The molecule has 1 aromatic carbocycles. The summed E-state index contributed by atoms with van der Waals surface area (Å²) >= 11 is 15.0. The van der Waals surface area contributed by atoms with Crippen LogP contribution < -0.4 is 5.32 Å². The SMILES string of the molecule is O=C(Cc1csc(-c2ccccn2)n1)Nc1nc(-c2cc(Cl)ccc2Cl)cs1. The van der Waals surface area contributed by atoms with E-state index in [9.17, 15) is 4.79 Å². The largest absolute Gasteiger partial charge is 0.302 e. The summed E-state index contributed by atoms with van der Waals surface area (Å²) in [5.74, 6) is -0.184. The quantitative estimate of drug-likeness (QED) is 0.419. The van der Waals surface area contributed by atoms with Crippen LogP contribution in [0.5, 0.6) is 0 Å². The molecule has 3 heterocycles. The minimum Gasteiger partial charge on any atom is -0.302 e. The van der Waals surface area contributed by atoms with Crippen molar-refractivity contribution in [2.24, 2.45) is 0 Å². The highest BCUT2D eigenvalue weighted by atomic mass is 35.5. The number of carbonyl (C=O) groups is 1. The second kappa shape index (κ2) is 8.36. The first-order chi connectivity index (χ1) is 13.6. The van der Waals surface area contributed by atoms with E-state index >= 15 is 0 Å². The lowest BCUT2D eigenvalue weighted by atomic mass is 10.2. The molecule has 5 nitrogen and oxygen atoms in total. The molecule has 0 saturated heterocycles. The first-order valence-corrected chi connectivity index (χ1v) is 10.7. The summed E-state index contributed by atoms with van der Waals surface area (Å²) in [6, 6.07) is 10.8. The molecule has 140 valence electrons. The number of hydrogen-bond donors (Lipinski definition) is 1. The van der Waals surface area contributed by atoms with Gasteiger partial charge in [0.05, 0.1) is 28.5 Å². The second-order valence-corrected chi connectivity index (χ2v) is 8.31. The molecule has 4 aromatic rings. The molecule has 4 rings (SSSR count). The molecule has 0 aliphatic heterocycles. The molecule has 0 bridgehead atoms. The molecule has 0 spiro atoms. The van der Waals surface area contributed by atoms with Crippen molar-refractivity contribution >= 4 is 56.9 Å². The Labute approximate surface area is 179 Å². The lowest BCUT2D eigenvalue weighted by Gasteiger charge is -2.02. The topological polar surface area (TPSA) is 67.8 Å². The predicted octanol–water partition coefficient (Wildman–Crippen LogP) is 5.82. The van der Waals surface area contributed by atoms with Gasteiger partial charge in [0.15, 0.2) is 5.13 Å². The van der Waals surface area contributed by atoms with Crippen LogP contribution in [0.4, 0.5) is 5.13 Å².